The second kappa shape index (κ2) is 5.85. The van der Waals surface area contributed by atoms with Gasteiger partial charge in [0.15, 0.2) is 0 Å². The third kappa shape index (κ3) is 6.00. The Morgan fingerprint density at radius 1 is 1.50 bits per heavy atom. The number of unbranched alkanes of at least 4 members (excludes halogenated alkanes) is 1. The Hall–Kier alpha value is -0.740. The highest BCUT2D eigenvalue weighted by molar-refractivity contribution is 5.19. The summed E-state index contributed by atoms with van der Waals surface area (Å²) in [4.78, 5) is 0. The molecule has 0 amide bonds. The average molecular weight is 166 g/mol. The van der Waals surface area contributed by atoms with E-state index in [1.165, 1.54) is 0 Å². The Morgan fingerprint density at radius 3 is 2.67 bits per heavy atom. The van der Waals surface area contributed by atoms with Gasteiger partial charge in [0.05, 0.1) is 0 Å². The van der Waals surface area contributed by atoms with Crippen LogP contribution in [0.3, 0.4) is 0 Å². The van der Waals surface area contributed by atoms with Gasteiger partial charge < -0.3 is 4.74 Å². The molecule has 1 heteroatoms. The Labute approximate surface area is 75.8 Å². The molecule has 0 rings (SSSR count). The van der Waals surface area contributed by atoms with E-state index in [4.69, 9.17) is 4.74 Å². The van der Waals surface area contributed by atoms with Crippen molar-refractivity contribution in [2.75, 3.05) is 6.61 Å². The monoisotopic (exact) mass is 166 g/mol. The van der Waals surface area contributed by atoms with Crippen LogP contribution in [0.15, 0.2) is 12.7 Å². The van der Waals surface area contributed by atoms with Crippen LogP contribution in [-0.2, 0) is 4.74 Å². The van der Waals surface area contributed by atoms with E-state index in [0.29, 0.717) is 0 Å². The first-order valence-corrected chi connectivity index (χ1v) is 4.40. The average Bonchev–Trinajstić information content (AvgIpc) is 2.01. The maximum Gasteiger partial charge on any atom is 0.123 e. The van der Waals surface area contributed by atoms with E-state index in [9.17, 15) is 0 Å². The quantitative estimate of drug-likeness (QED) is 0.461. The number of hydrogen-bond acceptors (Lipinski definition) is 1. The number of rotatable bonds is 4. The lowest BCUT2D eigenvalue weighted by Crippen LogP contribution is -2.22. The number of ether oxygens (including phenoxy) is 1. The molecule has 0 fully saturated rings. The van der Waals surface area contributed by atoms with E-state index in [1.807, 2.05) is 13.8 Å². The van der Waals surface area contributed by atoms with Crippen molar-refractivity contribution in [2.45, 2.75) is 39.2 Å². The third-order valence-electron chi connectivity index (χ3n) is 1.44. The second-order valence-corrected chi connectivity index (χ2v) is 3.19. The van der Waals surface area contributed by atoms with Crippen molar-refractivity contribution in [3.8, 4) is 11.8 Å². The van der Waals surface area contributed by atoms with Crippen LogP contribution >= 0.6 is 0 Å². The zero-order valence-electron chi connectivity index (χ0n) is 8.31. The van der Waals surface area contributed by atoms with Crippen LogP contribution in [0.2, 0.25) is 0 Å². The zero-order chi connectivity index (χ0) is 9.45. The van der Waals surface area contributed by atoms with Crippen LogP contribution in [0.1, 0.15) is 33.6 Å². The van der Waals surface area contributed by atoms with Gasteiger partial charge in [-0.1, -0.05) is 31.8 Å². The van der Waals surface area contributed by atoms with E-state index in [1.54, 1.807) is 6.08 Å². The predicted octanol–water partition coefficient (Wildman–Crippen LogP) is 2.77. The summed E-state index contributed by atoms with van der Waals surface area (Å²) in [5.41, 5.74) is -0.330. The van der Waals surface area contributed by atoms with E-state index >= 15 is 0 Å². The molecule has 0 saturated carbocycles. The van der Waals surface area contributed by atoms with Crippen molar-refractivity contribution >= 4 is 0 Å². The first-order valence-electron chi connectivity index (χ1n) is 4.40. The topological polar surface area (TPSA) is 9.23 Å². The Bertz CT molecular complexity index is 181. The lowest BCUT2D eigenvalue weighted by Gasteiger charge is -2.18. The minimum Gasteiger partial charge on any atom is -0.363 e. The van der Waals surface area contributed by atoms with Crippen molar-refractivity contribution in [1.82, 2.24) is 0 Å². The summed E-state index contributed by atoms with van der Waals surface area (Å²) < 4.78 is 5.55. The molecule has 0 bridgehead atoms. The van der Waals surface area contributed by atoms with Crippen LogP contribution in [0.5, 0.6) is 0 Å². The number of allylic oxidation sites excluding steroid dienone is 1. The minimum absolute atomic E-state index is 0.330. The van der Waals surface area contributed by atoms with Gasteiger partial charge in [0.25, 0.3) is 0 Å². The third-order valence-corrected chi connectivity index (χ3v) is 1.44. The molecule has 0 aliphatic heterocycles. The van der Waals surface area contributed by atoms with Crippen molar-refractivity contribution < 1.29 is 4.74 Å². The van der Waals surface area contributed by atoms with Gasteiger partial charge in [0.1, 0.15) is 5.60 Å². The SMILES string of the molecule is C=CC#CC(C)(C)OCCCC. The Balaban J connectivity index is 3.78. The predicted molar refractivity (Wildman–Crippen MR) is 52.9 cm³/mol. The molecular weight excluding hydrogens is 148 g/mol. The lowest BCUT2D eigenvalue weighted by molar-refractivity contribution is 0.0254. The molecule has 0 atom stereocenters. The molecule has 0 N–H and O–H groups in total. The summed E-state index contributed by atoms with van der Waals surface area (Å²) in [6.07, 6.45) is 3.84. The minimum atomic E-state index is -0.330. The lowest BCUT2D eigenvalue weighted by atomic mass is 10.1. The summed E-state index contributed by atoms with van der Waals surface area (Å²) >= 11 is 0. The van der Waals surface area contributed by atoms with E-state index in [2.05, 4.69) is 25.3 Å². The summed E-state index contributed by atoms with van der Waals surface area (Å²) in [5, 5.41) is 0. The van der Waals surface area contributed by atoms with Crippen molar-refractivity contribution in [3.63, 3.8) is 0 Å². The van der Waals surface area contributed by atoms with Gasteiger partial charge in [-0.15, -0.1) is 0 Å². The van der Waals surface area contributed by atoms with E-state index < -0.39 is 0 Å². The molecule has 0 radical (unpaired) electrons. The summed E-state index contributed by atoms with van der Waals surface area (Å²) in [5.74, 6) is 5.78. The molecule has 1 nitrogen and oxygen atoms in total. The molecule has 0 heterocycles. The number of hydrogen-bond donors (Lipinski definition) is 0. The van der Waals surface area contributed by atoms with Crippen LogP contribution in [0.4, 0.5) is 0 Å². The Kier molecular flexibility index (Phi) is 5.49. The van der Waals surface area contributed by atoms with Gasteiger partial charge in [-0.2, -0.15) is 0 Å². The highest BCUT2D eigenvalue weighted by atomic mass is 16.5. The first kappa shape index (κ1) is 11.3. The van der Waals surface area contributed by atoms with Gasteiger partial charge in [0, 0.05) is 6.61 Å². The maximum atomic E-state index is 5.55. The van der Waals surface area contributed by atoms with E-state index in [0.717, 1.165) is 19.4 Å². The van der Waals surface area contributed by atoms with Crippen molar-refractivity contribution in [2.24, 2.45) is 0 Å². The highest BCUT2D eigenvalue weighted by Gasteiger charge is 2.12. The maximum absolute atomic E-state index is 5.55. The van der Waals surface area contributed by atoms with Gasteiger partial charge >= 0.3 is 0 Å². The summed E-state index contributed by atoms with van der Waals surface area (Å²) in [6, 6.07) is 0. The normalized spacial score (nSPS) is 10.2. The molecule has 0 aromatic heterocycles. The van der Waals surface area contributed by atoms with Gasteiger partial charge in [0.2, 0.25) is 0 Å². The molecule has 0 aliphatic rings. The van der Waals surface area contributed by atoms with Gasteiger partial charge in [-0.3, -0.25) is 0 Å². The van der Waals surface area contributed by atoms with Crippen molar-refractivity contribution in [1.29, 1.82) is 0 Å². The molecule has 68 valence electrons. The van der Waals surface area contributed by atoms with Gasteiger partial charge in [-0.05, 0) is 26.3 Å². The molecule has 12 heavy (non-hydrogen) atoms. The molecule has 0 aliphatic carbocycles. The van der Waals surface area contributed by atoms with Crippen molar-refractivity contribution in [3.05, 3.63) is 12.7 Å². The Morgan fingerprint density at radius 2 is 2.17 bits per heavy atom. The van der Waals surface area contributed by atoms with E-state index in [-0.39, 0.29) is 5.60 Å². The van der Waals surface area contributed by atoms with Crippen LogP contribution < -0.4 is 0 Å². The zero-order valence-corrected chi connectivity index (χ0v) is 8.31. The second-order valence-electron chi connectivity index (χ2n) is 3.19. The van der Waals surface area contributed by atoms with Crippen LogP contribution in [-0.4, -0.2) is 12.2 Å². The smallest absolute Gasteiger partial charge is 0.123 e. The molecule has 0 spiro atoms. The molecular formula is C11H18O. The fourth-order valence-electron chi connectivity index (χ4n) is 0.733. The summed E-state index contributed by atoms with van der Waals surface area (Å²) in [7, 11) is 0. The fraction of sp³-hybridized carbons (Fsp3) is 0.636. The summed E-state index contributed by atoms with van der Waals surface area (Å²) in [6.45, 7) is 10.4. The largest absolute Gasteiger partial charge is 0.363 e. The standard InChI is InChI=1S/C11H18O/c1-5-7-9-11(3,4)12-10-8-6-2/h5H,1,6,8,10H2,2-4H3. The van der Waals surface area contributed by atoms with Gasteiger partial charge in [-0.25, -0.2) is 0 Å². The molecule has 0 unspecified atom stereocenters. The molecule has 0 aromatic rings. The fourth-order valence-corrected chi connectivity index (χ4v) is 0.733. The highest BCUT2D eigenvalue weighted by Crippen LogP contribution is 2.07. The van der Waals surface area contributed by atoms with Crippen LogP contribution in [0, 0.1) is 11.8 Å². The van der Waals surface area contributed by atoms with Crippen LogP contribution in [0.25, 0.3) is 0 Å². The first-order chi connectivity index (χ1) is 5.62. The molecule has 0 saturated heterocycles. The molecule has 0 aromatic carbocycles.